The third-order valence-corrected chi connectivity index (χ3v) is 4.17. The van der Waals surface area contributed by atoms with Crippen LogP contribution in [-0.4, -0.2) is 42.9 Å². The molecule has 0 bridgehead atoms. The van der Waals surface area contributed by atoms with Crippen molar-refractivity contribution in [3.05, 3.63) is 35.0 Å². The lowest BCUT2D eigenvalue weighted by Gasteiger charge is -2.18. The van der Waals surface area contributed by atoms with Crippen LogP contribution < -0.4 is 5.32 Å². The van der Waals surface area contributed by atoms with Gasteiger partial charge in [0.1, 0.15) is 11.8 Å². The van der Waals surface area contributed by atoms with E-state index in [1.165, 1.54) is 5.56 Å². The Morgan fingerprint density at radius 3 is 3.00 bits per heavy atom. The molecule has 2 heterocycles. The van der Waals surface area contributed by atoms with Gasteiger partial charge in [0.15, 0.2) is 0 Å². The second-order valence-electron chi connectivity index (χ2n) is 5.79. The van der Waals surface area contributed by atoms with E-state index in [1.54, 1.807) is 0 Å². The number of H-pyrrole nitrogens is 1. The number of rotatable bonds is 4. The van der Waals surface area contributed by atoms with E-state index in [-0.39, 0.29) is 18.1 Å². The monoisotopic (exact) mass is 302 g/mol. The molecule has 0 unspecified atom stereocenters. The van der Waals surface area contributed by atoms with Gasteiger partial charge in [-0.2, -0.15) is 0 Å². The molecule has 5 heteroatoms. The first-order valence-electron chi connectivity index (χ1n) is 7.69. The summed E-state index contributed by atoms with van der Waals surface area (Å²) in [6.07, 6.45) is -0.0686. The van der Waals surface area contributed by atoms with E-state index in [0.29, 0.717) is 25.5 Å². The minimum Gasteiger partial charge on any atom is -0.376 e. The van der Waals surface area contributed by atoms with Crippen molar-refractivity contribution in [2.24, 2.45) is 0 Å². The predicted molar refractivity (Wildman–Crippen MR) is 85.3 cm³/mol. The molecule has 118 valence electrons. The number of aryl methyl sites for hydroxylation is 2. The fourth-order valence-electron chi connectivity index (χ4n) is 2.96. The summed E-state index contributed by atoms with van der Waals surface area (Å²) >= 11 is 0. The van der Waals surface area contributed by atoms with Crippen molar-refractivity contribution < 1.29 is 14.3 Å². The van der Waals surface area contributed by atoms with Crippen molar-refractivity contribution >= 4 is 16.8 Å². The number of hydrogen-bond donors (Lipinski definition) is 2. The first-order valence-corrected chi connectivity index (χ1v) is 7.69. The molecule has 1 amide bonds. The van der Waals surface area contributed by atoms with E-state index in [1.807, 2.05) is 32.9 Å². The van der Waals surface area contributed by atoms with Gasteiger partial charge >= 0.3 is 0 Å². The summed E-state index contributed by atoms with van der Waals surface area (Å²) in [5.41, 5.74) is 3.75. The predicted octanol–water partition coefficient (Wildman–Crippen LogP) is 2.32. The lowest BCUT2D eigenvalue weighted by molar-refractivity contribution is 0.0402. The molecular weight excluding hydrogens is 280 g/mol. The molecule has 0 spiro atoms. The van der Waals surface area contributed by atoms with Gasteiger partial charge in [0, 0.05) is 17.5 Å². The summed E-state index contributed by atoms with van der Waals surface area (Å²) in [6, 6.07) is 6.05. The van der Waals surface area contributed by atoms with E-state index in [2.05, 4.69) is 16.4 Å². The van der Waals surface area contributed by atoms with E-state index in [9.17, 15) is 4.79 Å². The first kappa shape index (κ1) is 15.1. The third kappa shape index (κ3) is 2.74. The lowest BCUT2D eigenvalue weighted by Crippen LogP contribution is -2.44. The molecule has 5 nitrogen and oxygen atoms in total. The Kier molecular flexibility index (Phi) is 4.18. The normalized spacial score (nSPS) is 21.4. The minimum atomic E-state index is -0.105. The summed E-state index contributed by atoms with van der Waals surface area (Å²) in [7, 11) is 0. The topological polar surface area (TPSA) is 63.4 Å². The molecule has 2 atom stereocenters. The largest absolute Gasteiger partial charge is 0.376 e. The van der Waals surface area contributed by atoms with Gasteiger partial charge in [0.2, 0.25) is 0 Å². The highest BCUT2D eigenvalue weighted by Crippen LogP contribution is 2.23. The van der Waals surface area contributed by atoms with E-state index < -0.39 is 0 Å². The van der Waals surface area contributed by atoms with Crippen LogP contribution in [0.5, 0.6) is 0 Å². The van der Waals surface area contributed by atoms with Crippen molar-refractivity contribution in [1.29, 1.82) is 0 Å². The van der Waals surface area contributed by atoms with Crippen molar-refractivity contribution in [3.8, 4) is 0 Å². The van der Waals surface area contributed by atoms with Gasteiger partial charge in [-0.25, -0.2) is 0 Å². The van der Waals surface area contributed by atoms with Gasteiger partial charge in [-0.3, -0.25) is 4.79 Å². The number of carbonyl (C=O) groups is 1. The maximum absolute atomic E-state index is 12.6. The first-order chi connectivity index (χ1) is 10.6. The van der Waals surface area contributed by atoms with Crippen LogP contribution in [0.25, 0.3) is 10.9 Å². The molecular formula is C17H22N2O3. The number of carbonyl (C=O) groups excluding carboxylic acids is 1. The number of aromatic amines is 1. The zero-order valence-electron chi connectivity index (χ0n) is 13.2. The summed E-state index contributed by atoms with van der Waals surface area (Å²) in [4.78, 5) is 15.8. The molecule has 1 aliphatic heterocycles. The van der Waals surface area contributed by atoms with Gasteiger partial charge < -0.3 is 19.8 Å². The second kappa shape index (κ2) is 6.10. The number of nitrogens with one attached hydrogen (secondary N) is 2. The molecule has 1 aliphatic rings. The summed E-state index contributed by atoms with van der Waals surface area (Å²) in [5.74, 6) is -0.105. The highest BCUT2D eigenvalue weighted by Gasteiger charge is 2.31. The molecule has 2 N–H and O–H groups in total. The highest BCUT2D eigenvalue weighted by molar-refractivity contribution is 6.01. The Bertz CT molecular complexity index is 693. The van der Waals surface area contributed by atoms with Gasteiger partial charge in [-0.15, -0.1) is 0 Å². The number of benzene rings is 1. The molecule has 22 heavy (non-hydrogen) atoms. The fraction of sp³-hybridized carbons (Fsp3) is 0.471. The van der Waals surface area contributed by atoms with Gasteiger partial charge in [0.05, 0.1) is 19.3 Å². The number of hydrogen-bond acceptors (Lipinski definition) is 3. The Morgan fingerprint density at radius 2 is 2.23 bits per heavy atom. The van der Waals surface area contributed by atoms with Crippen LogP contribution in [0, 0.1) is 13.8 Å². The molecule has 1 aromatic carbocycles. The number of fused-ring (bicyclic) bond motifs is 1. The average molecular weight is 302 g/mol. The van der Waals surface area contributed by atoms with Gasteiger partial charge in [-0.1, -0.05) is 11.6 Å². The highest BCUT2D eigenvalue weighted by atomic mass is 16.5. The quantitative estimate of drug-likeness (QED) is 0.911. The van der Waals surface area contributed by atoms with E-state index in [0.717, 1.165) is 16.5 Å². The molecule has 1 fully saturated rings. The third-order valence-electron chi connectivity index (χ3n) is 4.17. The zero-order chi connectivity index (χ0) is 15.7. The van der Waals surface area contributed by atoms with Crippen molar-refractivity contribution in [3.63, 3.8) is 0 Å². The van der Waals surface area contributed by atoms with Crippen LogP contribution in [0.4, 0.5) is 0 Å². The van der Waals surface area contributed by atoms with Gasteiger partial charge in [0.25, 0.3) is 5.91 Å². The molecule has 1 aromatic heterocycles. The van der Waals surface area contributed by atoms with E-state index >= 15 is 0 Å². The van der Waals surface area contributed by atoms with Crippen LogP contribution in [0.3, 0.4) is 0 Å². The zero-order valence-corrected chi connectivity index (χ0v) is 13.2. The van der Waals surface area contributed by atoms with Crippen LogP contribution in [0.1, 0.15) is 28.5 Å². The smallest absolute Gasteiger partial charge is 0.268 e. The van der Waals surface area contributed by atoms with Gasteiger partial charge in [-0.05, 0) is 38.5 Å². The summed E-state index contributed by atoms with van der Waals surface area (Å²) in [6.45, 7) is 7.61. The lowest BCUT2D eigenvalue weighted by atomic mass is 10.1. The molecule has 1 saturated heterocycles. The van der Waals surface area contributed by atoms with Crippen molar-refractivity contribution in [2.75, 3.05) is 19.8 Å². The maximum Gasteiger partial charge on any atom is 0.268 e. The number of ether oxygens (including phenoxy) is 2. The summed E-state index contributed by atoms with van der Waals surface area (Å²) in [5, 5.41) is 4.12. The van der Waals surface area contributed by atoms with E-state index in [4.69, 9.17) is 9.47 Å². The standard InChI is InChI=1S/C17H22N2O3/c1-4-22-15-9-21-8-14(15)19-17(20)16-11(3)12-7-10(2)5-6-13(12)18-16/h5-7,14-15,18H,4,8-9H2,1-3H3,(H,19,20)/t14-,15-/m1/s1. The molecule has 3 rings (SSSR count). The van der Waals surface area contributed by atoms with Crippen molar-refractivity contribution in [1.82, 2.24) is 10.3 Å². The Balaban J connectivity index is 1.82. The van der Waals surface area contributed by atoms with Crippen LogP contribution in [0.2, 0.25) is 0 Å². The maximum atomic E-state index is 12.6. The number of aromatic nitrogens is 1. The molecule has 2 aromatic rings. The molecule has 0 aliphatic carbocycles. The average Bonchev–Trinajstić information content (AvgIpc) is 3.05. The molecule has 0 saturated carbocycles. The number of amides is 1. The SMILES string of the molecule is CCO[C@@H]1COC[C@H]1NC(=O)c1[nH]c2ccc(C)cc2c1C. The van der Waals surface area contributed by atoms with Crippen LogP contribution >= 0.6 is 0 Å². The minimum absolute atomic E-state index is 0.0686. The van der Waals surface area contributed by atoms with Crippen LogP contribution in [-0.2, 0) is 9.47 Å². The van der Waals surface area contributed by atoms with Crippen molar-refractivity contribution in [2.45, 2.75) is 32.9 Å². The fourth-order valence-corrected chi connectivity index (χ4v) is 2.96. The molecule has 0 radical (unpaired) electrons. The Morgan fingerprint density at radius 1 is 1.41 bits per heavy atom. The van der Waals surface area contributed by atoms with Crippen LogP contribution in [0.15, 0.2) is 18.2 Å². The second-order valence-corrected chi connectivity index (χ2v) is 5.79. The Hall–Kier alpha value is -1.85. The summed E-state index contributed by atoms with van der Waals surface area (Å²) < 4.78 is 11.0. The Labute approximate surface area is 130 Å².